The number of benzene rings is 2. The second-order valence-corrected chi connectivity index (χ2v) is 15.5. The van der Waals surface area contributed by atoms with Crippen LogP contribution in [0.1, 0.15) is 53.0 Å². The van der Waals surface area contributed by atoms with Gasteiger partial charge < -0.3 is 20.2 Å². The fourth-order valence-electron chi connectivity index (χ4n) is 5.27. The lowest BCUT2D eigenvalue weighted by Crippen LogP contribution is -2.50. The molecule has 8 heteroatoms. The predicted molar refractivity (Wildman–Crippen MR) is 147 cm³/mol. The van der Waals surface area contributed by atoms with Crippen molar-refractivity contribution in [1.82, 2.24) is 10.3 Å². The van der Waals surface area contributed by atoms with Crippen molar-refractivity contribution >= 4 is 36.8 Å². The Morgan fingerprint density at radius 2 is 1.56 bits per heavy atom. The third-order valence-electron chi connectivity index (χ3n) is 6.97. The van der Waals surface area contributed by atoms with Gasteiger partial charge in [0.05, 0.1) is 5.92 Å². The molecule has 0 radical (unpaired) electrons. The van der Waals surface area contributed by atoms with Crippen LogP contribution < -0.4 is 15.1 Å². The van der Waals surface area contributed by atoms with Crippen molar-refractivity contribution in [3.05, 3.63) is 66.5 Å². The molecule has 1 unspecified atom stereocenters. The lowest BCUT2D eigenvalue weighted by atomic mass is 9.97. The van der Waals surface area contributed by atoms with E-state index in [9.17, 15) is 9.59 Å². The topological polar surface area (TPSA) is 101 Å². The van der Waals surface area contributed by atoms with Gasteiger partial charge in [-0.3, -0.25) is 9.78 Å². The zero-order chi connectivity index (χ0) is 26.5. The summed E-state index contributed by atoms with van der Waals surface area (Å²) in [5, 5.41) is 16.4. The highest BCUT2D eigenvalue weighted by Gasteiger charge is 2.47. The number of nitrogens with one attached hydrogen (secondary N) is 2. The molecule has 0 fully saturated rings. The summed E-state index contributed by atoms with van der Waals surface area (Å²) < 4.78 is 6.74. The number of anilines is 1. The molecular formula is C28H37N3O4Si. The summed E-state index contributed by atoms with van der Waals surface area (Å²) in [4.78, 5) is 28.6. The Bertz CT molecular complexity index is 1170. The first-order valence-corrected chi connectivity index (χ1v) is 14.6. The Kier molecular flexibility index (Phi) is 8.73. The van der Waals surface area contributed by atoms with Gasteiger partial charge in [0, 0.05) is 30.0 Å². The molecule has 0 saturated carbocycles. The number of carbonyl (C=O) groups excluding carboxylic acids is 1. The summed E-state index contributed by atoms with van der Waals surface area (Å²) in [6.07, 6.45) is 2.29. The highest BCUT2D eigenvalue weighted by Crippen LogP contribution is 2.42. The van der Waals surface area contributed by atoms with E-state index in [1.165, 1.54) is 0 Å². The molecule has 0 bridgehead atoms. The molecule has 1 aromatic heterocycles. The van der Waals surface area contributed by atoms with E-state index in [1.54, 1.807) is 12.4 Å². The molecule has 2 aromatic carbocycles. The van der Waals surface area contributed by atoms with E-state index in [0.717, 1.165) is 16.5 Å². The lowest BCUT2D eigenvalue weighted by molar-refractivity contribution is -0.117. The van der Waals surface area contributed by atoms with E-state index in [2.05, 4.69) is 57.2 Å². The van der Waals surface area contributed by atoms with Crippen LogP contribution in [0.25, 0.3) is 10.8 Å². The van der Waals surface area contributed by atoms with Crippen LogP contribution in [-0.2, 0) is 4.79 Å². The molecule has 2 amide bonds. The van der Waals surface area contributed by atoms with E-state index in [0.29, 0.717) is 27.9 Å². The molecule has 1 heterocycles. The number of carboxylic acid groups (broad SMARTS) is 1. The second-order valence-electron chi connectivity index (χ2n) is 10.2. The quantitative estimate of drug-likeness (QED) is 0.263. The van der Waals surface area contributed by atoms with Crippen molar-refractivity contribution in [2.24, 2.45) is 0 Å². The van der Waals surface area contributed by atoms with Crippen LogP contribution >= 0.6 is 0 Å². The Labute approximate surface area is 214 Å². The van der Waals surface area contributed by atoms with Gasteiger partial charge in [-0.1, -0.05) is 59.7 Å². The number of amides is 2. The summed E-state index contributed by atoms with van der Waals surface area (Å²) >= 11 is 0. The average Bonchev–Trinajstić information content (AvgIpc) is 2.82. The highest BCUT2D eigenvalue weighted by atomic mass is 28.4. The number of fused-ring (bicyclic) bond motifs is 1. The Morgan fingerprint density at radius 1 is 0.917 bits per heavy atom. The van der Waals surface area contributed by atoms with E-state index in [4.69, 9.17) is 9.53 Å². The van der Waals surface area contributed by atoms with Crippen LogP contribution in [0.2, 0.25) is 16.6 Å². The Hall–Kier alpha value is -3.39. The first-order valence-electron chi connectivity index (χ1n) is 12.4. The molecule has 192 valence electrons. The summed E-state index contributed by atoms with van der Waals surface area (Å²) in [5.41, 5.74) is 2.67. The van der Waals surface area contributed by atoms with Crippen LogP contribution in [0, 0.1) is 0 Å². The van der Waals surface area contributed by atoms with Gasteiger partial charge in [0.15, 0.2) is 0 Å². The summed E-state index contributed by atoms with van der Waals surface area (Å²) in [6.45, 7) is 13.4. The maximum atomic E-state index is 13.3. The van der Waals surface area contributed by atoms with Gasteiger partial charge in [-0.2, -0.15) is 0 Å². The third-order valence-corrected chi connectivity index (χ3v) is 13.0. The predicted octanol–water partition coefficient (Wildman–Crippen LogP) is 6.78. The average molecular weight is 508 g/mol. The number of hydrogen-bond donors (Lipinski definition) is 3. The standard InChI is InChI=1S/C28H37N3O4Si/c1-18(2)36(19(3)4,20(5)6)35-25-11-8-21(9-12-25)26(17-30-28(33)34)27(32)31-24-10-7-23-16-29-14-13-22(23)15-24/h7-16,18-20,26,30H,17H2,1-6H3,(H,31,32)(H,33,34). The maximum absolute atomic E-state index is 13.3. The van der Waals surface area contributed by atoms with Crippen LogP contribution in [0.4, 0.5) is 10.5 Å². The SMILES string of the molecule is CC(C)[Si](Oc1ccc(C(CNC(=O)O)C(=O)Nc2ccc3cnccc3c2)cc1)(C(C)C)C(C)C. The number of nitrogens with zero attached hydrogens (tertiary/aromatic N) is 1. The number of pyridine rings is 1. The van der Waals surface area contributed by atoms with Gasteiger partial charge in [-0.15, -0.1) is 0 Å². The smallest absolute Gasteiger partial charge is 0.404 e. The van der Waals surface area contributed by atoms with E-state index < -0.39 is 20.3 Å². The summed E-state index contributed by atoms with van der Waals surface area (Å²) in [6, 6.07) is 15.0. The van der Waals surface area contributed by atoms with Gasteiger partial charge in [-0.25, -0.2) is 4.79 Å². The normalized spacial score (nSPS) is 12.7. The number of hydrogen-bond acceptors (Lipinski definition) is 4. The van der Waals surface area contributed by atoms with Crippen molar-refractivity contribution < 1.29 is 19.1 Å². The minimum absolute atomic E-state index is 0.0401. The molecule has 0 aliphatic carbocycles. The van der Waals surface area contributed by atoms with Crippen molar-refractivity contribution in [2.75, 3.05) is 11.9 Å². The lowest BCUT2D eigenvalue weighted by Gasteiger charge is -2.42. The zero-order valence-electron chi connectivity index (χ0n) is 21.9. The first kappa shape index (κ1) is 27.2. The molecule has 1 atom stereocenters. The van der Waals surface area contributed by atoms with Gasteiger partial charge >= 0.3 is 6.09 Å². The van der Waals surface area contributed by atoms with Crippen LogP contribution in [0.15, 0.2) is 60.9 Å². The van der Waals surface area contributed by atoms with E-state index in [1.807, 2.05) is 48.5 Å². The van der Waals surface area contributed by atoms with E-state index >= 15 is 0 Å². The molecule has 3 rings (SSSR count). The Balaban J connectivity index is 1.85. The fourth-order valence-corrected chi connectivity index (χ4v) is 10.5. The molecule has 0 saturated heterocycles. The van der Waals surface area contributed by atoms with Crippen LogP contribution in [-0.4, -0.2) is 37.0 Å². The molecule has 3 N–H and O–H groups in total. The monoisotopic (exact) mass is 507 g/mol. The first-order chi connectivity index (χ1) is 17.0. The molecule has 0 spiro atoms. The van der Waals surface area contributed by atoms with Crippen molar-refractivity contribution in [1.29, 1.82) is 0 Å². The van der Waals surface area contributed by atoms with Gasteiger partial charge in [-0.05, 0) is 57.9 Å². The molecule has 0 aliphatic heterocycles. The largest absolute Gasteiger partial charge is 0.543 e. The molecule has 36 heavy (non-hydrogen) atoms. The minimum atomic E-state index is -2.11. The van der Waals surface area contributed by atoms with Crippen molar-refractivity contribution in [2.45, 2.75) is 64.1 Å². The van der Waals surface area contributed by atoms with Gasteiger partial charge in [0.2, 0.25) is 5.91 Å². The van der Waals surface area contributed by atoms with Gasteiger partial charge in [0.1, 0.15) is 5.75 Å². The maximum Gasteiger partial charge on any atom is 0.404 e. The van der Waals surface area contributed by atoms with E-state index in [-0.39, 0.29) is 12.5 Å². The fraction of sp³-hybridized carbons (Fsp3) is 0.393. The van der Waals surface area contributed by atoms with Crippen LogP contribution in [0.5, 0.6) is 5.75 Å². The molecular weight excluding hydrogens is 470 g/mol. The summed E-state index contributed by atoms with van der Waals surface area (Å²) in [5.74, 6) is -0.207. The Morgan fingerprint density at radius 3 is 2.14 bits per heavy atom. The summed E-state index contributed by atoms with van der Waals surface area (Å²) in [7, 11) is -2.11. The highest BCUT2D eigenvalue weighted by molar-refractivity contribution is 6.78. The molecule has 7 nitrogen and oxygen atoms in total. The zero-order valence-corrected chi connectivity index (χ0v) is 22.9. The number of carbonyl (C=O) groups is 2. The number of aromatic nitrogens is 1. The second kappa shape index (κ2) is 11.6. The van der Waals surface area contributed by atoms with Crippen LogP contribution in [0.3, 0.4) is 0 Å². The third kappa shape index (κ3) is 6.05. The number of rotatable bonds is 10. The van der Waals surface area contributed by atoms with Crippen molar-refractivity contribution in [3.8, 4) is 5.75 Å². The van der Waals surface area contributed by atoms with Gasteiger partial charge in [0.25, 0.3) is 8.32 Å². The van der Waals surface area contributed by atoms with Crippen molar-refractivity contribution in [3.63, 3.8) is 0 Å². The molecule has 3 aromatic rings. The molecule has 0 aliphatic rings. The minimum Gasteiger partial charge on any atom is -0.543 e.